The number of benzene rings is 2. The minimum absolute atomic E-state index is 0.0250. The van der Waals surface area contributed by atoms with E-state index in [-0.39, 0.29) is 11.9 Å². The molecule has 0 bridgehead atoms. The molecule has 3 heterocycles. The van der Waals surface area contributed by atoms with E-state index < -0.39 is 6.10 Å². The predicted molar refractivity (Wildman–Crippen MR) is 124 cm³/mol. The van der Waals surface area contributed by atoms with Gasteiger partial charge in [0.2, 0.25) is 0 Å². The topological polar surface area (TPSA) is 70.5 Å². The van der Waals surface area contributed by atoms with Gasteiger partial charge in [-0.25, -0.2) is 4.98 Å². The van der Waals surface area contributed by atoms with Crippen molar-refractivity contribution >= 4 is 16.9 Å². The highest BCUT2D eigenvalue weighted by atomic mass is 16.6. The summed E-state index contributed by atoms with van der Waals surface area (Å²) in [6.45, 7) is 2.23. The number of rotatable bonds is 6. The van der Waals surface area contributed by atoms with Gasteiger partial charge < -0.3 is 14.2 Å². The number of carbonyl (C=O) groups excluding carboxylic acids is 1. The van der Waals surface area contributed by atoms with E-state index in [9.17, 15) is 4.79 Å². The fraction of sp³-hybridized carbons (Fsp3) is 0.222. The second-order valence-electron chi connectivity index (χ2n) is 8.15. The molecule has 166 valence electrons. The molecule has 1 aliphatic rings. The molecule has 0 N–H and O–H groups in total. The first kappa shape index (κ1) is 20.9. The third-order valence-electron chi connectivity index (χ3n) is 5.73. The first-order valence-corrected chi connectivity index (χ1v) is 11.0. The van der Waals surface area contributed by atoms with E-state index in [0.717, 1.165) is 27.7 Å². The van der Waals surface area contributed by atoms with Crippen LogP contribution in [0.5, 0.6) is 11.5 Å². The van der Waals surface area contributed by atoms with Gasteiger partial charge in [-0.2, -0.15) is 0 Å². The van der Waals surface area contributed by atoms with Crippen LogP contribution in [-0.2, 0) is 22.6 Å². The Balaban J connectivity index is 1.37. The molecule has 6 heteroatoms. The van der Waals surface area contributed by atoms with Crippen molar-refractivity contribution in [2.24, 2.45) is 5.92 Å². The molecule has 0 saturated carbocycles. The predicted octanol–water partition coefficient (Wildman–Crippen LogP) is 5.06. The van der Waals surface area contributed by atoms with Crippen LogP contribution in [0.4, 0.5) is 0 Å². The Bertz CT molecular complexity index is 1280. The Hall–Kier alpha value is -3.93. The molecule has 2 atom stereocenters. The SMILES string of the molecule is CC(=O)O[C@@H]1c2cc(OCc3ccc4ccccc4n3)ccc2OC[C@@H]1Cc1cccnc1. The number of hydrogen-bond acceptors (Lipinski definition) is 6. The van der Waals surface area contributed by atoms with Gasteiger partial charge in [-0.15, -0.1) is 0 Å². The summed E-state index contributed by atoms with van der Waals surface area (Å²) in [6, 6.07) is 21.6. The summed E-state index contributed by atoms with van der Waals surface area (Å²) in [4.78, 5) is 20.8. The van der Waals surface area contributed by atoms with Gasteiger partial charge in [0.15, 0.2) is 0 Å². The third-order valence-corrected chi connectivity index (χ3v) is 5.73. The second-order valence-corrected chi connectivity index (χ2v) is 8.15. The molecule has 4 aromatic rings. The van der Waals surface area contributed by atoms with Gasteiger partial charge in [0.05, 0.1) is 17.8 Å². The fourth-order valence-corrected chi connectivity index (χ4v) is 4.18. The first-order valence-electron chi connectivity index (χ1n) is 11.0. The summed E-state index contributed by atoms with van der Waals surface area (Å²) in [5, 5.41) is 1.09. The van der Waals surface area contributed by atoms with Gasteiger partial charge in [-0.3, -0.25) is 9.78 Å². The van der Waals surface area contributed by atoms with Crippen molar-refractivity contribution in [2.45, 2.75) is 26.1 Å². The zero-order valence-electron chi connectivity index (χ0n) is 18.3. The molecule has 0 unspecified atom stereocenters. The van der Waals surface area contributed by atoms with Crippen LogP contribution >= 0.6 is 0 Å². The fourth-order valence-electron chi connectivity index (χ4n) is 4.18. The number of fused-ring (bicyclic) bond motifs is 2. The maximum atomic E-state index is 11.9. The van der Waals surface area contributed by atoms with E-state index in [1.165, 1.54) is 6.92 Å². The Morgan fingerprint density at radius 1 is 1.09 bits per heavy atom. The highest BCUT2D eigenvalue weighted by Crippen LogP contribution is 2.41. The molecule has 6 nitrogen and oxygen atoms in total. The summed E-state index contributed by atoms with van der Waals surface area (Å²) < 4.78 is 17.8. The van der Waals surface area contributed by atoms with E-state index in [1.54, 1.807) is 6.20 Å². The van der Waals surface area contributed by atoms with Gasteiger partial charge >= 0.3 is 5.97 Å². The number of para-hydroxylation sites is 1. The molecular weight excluding hydrogens is 416 g/mol. The largest absolute Gasteiger partial charge is 0.493 e. The lowest BCUT2D eigenvalue weighted by molar-refractivity contribution is -0.151. The molecular formula is C27H24N2O4. The number of nitrogens with zero attached hydrogens (tertiary/aromatic N) is 2. The first-order chi connectivity index (χ1) is 16.2. The van der Waals surface area contributed by atoms with E-state index in [2.05, 4.69) is 9.97 Å². The number of pyridine rings is 2. The highest BCUT2D eigenvalue weighted by Gasteiger charge is 2.34. The number of esters is 1. The van der Waals surface area contributed by atoms with Crippen LogP contribution < -0.4 is 9.47 Å². The highest BCUT2D eigenvalue weighted by molar-refractivity contribution is 5.78. The molecule has 0 fully saturated rings. The van der Waals surface area contributed by atoms with Gasteiger partial charge in [-0.1, -0.05) is 30.3 Å². The van der Waals surface area contributed by atoms with Crippen LogP contribution in [0.15, 0.2) is 79.1 Å². The van der Waals surface area contributed by atoms with Crippen molar-refractivity contribution in [1.82, 2.24) is 9.97 Å². The molecule has 2 aromatic carbocycles. The van der Waals surface area contributed by atoms with Crippen LogP contribution in [0.3, 0.4) is 0 Å². The van der Waals surface area contributed by atoms with Gasteiger partial charge in [0.1, 0.15) is 24.2 Å². The molecule has 0 saturated heterocycles. The normalized spacial score (nSPS) is 17.1. The smallest absolute Gasteiger partial charge is 0.303 e. The van der Waals surface area contributed by atoms with Crippen LogP contribution in [-0.4, -0.2) is 22.5 Å². The zero-order chi connectivity index (χ0) is 22.6. The summed E-state index contributed by atoms with van der Waals surface area (Å²) in [6.07, 6.45) is 3.84. The molecule has 1 aliphatic heterocycles. The van der Waals surface area contributed by atoms with Crippen LogP contribution in [0.2, 0.25) is 0 Å². The Labute approximate surface area is 192 Å². The summed E-state index contributed by atoms with van der Waals surface area (Å²) >= 11 is 0. The molecule has 0 amide bonds. The minimum Gasteiger partial charge on any atom is -0.493 e. The number of aromatic nitrogens is 2. The van der Waals surface area contributed by atoms with Crippen molar-refractivity contribution in [3.05, 3.63) is 95.9 Å². The molecule has 2 aromatic heterocycles. The van der Waals surface area contributed by atoms with Crippen LogP contribution in [0.25, 0.3) is 10.9 Å². The Kier molecular flexibility index (Phi) is 5.89. The Morgan fingerprint density at radius 3 is 2.85 bits per heavy atom. The quantitative estimate of drug-likeness (QED) is 0.390. The lowest BCUT2D eigenvalue weighted by atomic mass is 9.88. The van der Waals surface area contributed by atoms with Gasteiger partial charge in [0, 0.05) is 36.2 Å². The summed E-state index contributed by atoms with van der Waals surface area (Å²) in [5.41, 5.74) is 3.66. The van der Waals surface area contributed by atoms with E-state index in [1.807, 2.05) is 72.9 Å². The molecule has 33 heavy (non-hydrogen) atoms. The number of carbonyl (C=O) groups is 1. The van der Waals surface area contributed by atoms with Crippen molar-refractivity contribution in [3.63, 3.8) is 0 Å². The van der Waals surface area contributed by atoms with Crippen LogP contribution in [0, 0.1) is 5.92 Å². The minimum atomic E-state index is -0.422. The summed E-state index contributed by atoms with van der Waals surface area (Å²) in [7, 11) is 0. The lowest BCUT2D eigenvalue weighted by Gasteiger charge is -2.33. The number of hydrogen-bond donors (Lipinski definition) is 0. The molecule has 0 radical (unpaired) electrons. The number of ether oxygens (including phenoxy) is 3. The average Bonchev–Trinajstić information content (AvgIpc) is 2.84. The van der Waals surface area contributed by atoms with E-state index >= 15 is 0 Å². The van der Waals surface area contributed by atoms with Crippen molar-refractivity contribution in [1.29, 1.82) is 0 Å². The van der Waals surface area contributed by atoms with Crippen molar-refractivity contribution in [2.75, 3.05) is 6.61 Å². The van der Waals surface area contributed by atoms with Crippen molar-refractivity contribution in [3.8, 4) is 11.5 Å². The second kappa shape index (κ2) is 9.28. The maximum absolute atomic E-state index is 11.9. The third kappa shape index (κ3) is 4.80. The molecule has 0 spiro atoms. The van der Waals surface area contributed by atoms with Gasteiger partial charge in [-0.05, 0) is 48.4 Å². The molecule has 0 aliphatic carbocycles. The van der Waals surface area contributed by atoms with E-state index in [0.29, 0.717) is 31.1 Å². The van der Waals surface area contributed by atoms with Gasteiger partial charge in [0.25, 0.3) is 0 Å². The maximum Gasteiger partial charge on any atom is 0.303 e. The van der Waals surface area contributed by atoms with E-state index in [4.69, 9.17) is 14.2 Å². The Morgan fingerprint density at radius 2 is 2.00 bits per heavy atom. The monoisotopic (exact) mass is 440 g/mol. The molecule has 5 rings (SSSR count). The zero-order valence-corrected chi connectivity index (χ0v) is 18.3. The average molecular weight is 440 g/mol. The lowest BCUT2D eigenvalue weighted by Crippen LogP contribution is -2.30. The van der Waals surface area contributed by atoms with Crippen molar-refractivity contribution < 1.29 is 19.0 Å². The van der Waals surface area contributed by atoms with Crippen LogP contribution in [0.1, 0.15) is 29.8 Å². The standard InChI is InChI=1S/C27H24N2O4/c1-18(30)33-27-21(13-19-5-4-12-28-15-19)16-32-26-11-10-23(14-24(26)27)31-17-22-9-8-20-6-2-3-7-25(20)29-22/h2-12,14-15,21,27H,13,16-17H2,1H3/t21-,27-/m0/s1. The summed E-state index contributed by atoms with van der Waals surface area (Å²) in [5.74, 6) is 1.03.